The van der Waals surface area contributed by atoms with Crippen molar-refractivity contribution in [1.29, 1.82) is 0 Å². The number of H-pyrrole nitrogens is 1. The summed E-state index contributed by atoms with van der Waals surface area (Å²) in [5.74, 6) is -1.73. The van der Waals surface area contributed by atoms with E-state index in [1.54, 1.807) is 18.2 Å². The minimum absolute atomic E-state index is 0.165. The van der Waals surface area contributed by atoms with E-state index in [4.69, 9.17) is 5.73 Å². The fraction of sp³-hybridized carbons (Fsp3) is 0.238. The van der Waals surface area contributed by atoms with Gasteiger partial charge in [-0.3, -0.25) is 9.59 Å². The van der Waals surface area contributed by atoms with Crippen LogP contribution in [-0.4, -0.2) is 34.8 Å². The fourth-order valence-electron chi connectivity index (χ4n) is 3.72. The summed E-state index contributed by atoms with van der Waals surface area (Å²) in [7, 11) is 0. The molecule has 0 radical (unpaired) electrons. The molecule has 1 aliphatic heterocycles. The number of nitrogens with two attached hydrogens (primary N) is 1. The second kappa shape index (κ2) is 6.76. The molecule has 2 amide bonds. The van der Waals surface area contributed by atoms with Gasteiger partial charge in [0.25, 0.3) is 0 Å². The van der Waals surface area contributed by atoms with Gasteiger partial charge < -0.3 is 20.9 Å². The van der Waals surface area contributed by atoms with Crippen LogP contribution in [-0.2, 0) is 15.1 Å². The van der Waals surface area contributed by atoms with Gasteiger partial charge in [0.2, 0.25) is 0 Å². The number of nitrogens with zero attached hydrogens (tertiary/aromatic N) is 1. The molecule has 0 bridgehead atoms. The molecule has 4 N–H and O–H groups in total. The Morgan fingerprint density at radius 1 is 1.21 bits per heavy atom. The van der Waals surface area contributed by atoms with Crippen LogP contribution in [0, 0.1) is 12.7 Å². The van der Waals surface area contributed by atoms with Gasteiger partial charge >= 0.3 is 11.8 Å². The van der Waals surface area contributed by atoms with E-state index < -0.39 is 17.4 Å². The second-order valence-electron chi connectivity index (χ2n) is 7.35. The number of benzene rings is 2. The number of rotatable bonds is 2. The van der Waals surface area contributed by atoms with Crippen molar-refractivity contribution in [2.75, 3.05) is 18.4 Å². The number of amides is 2. The molecule has 1 saturated heterocycles. The molecule has 6 nitrogen and oxygen atoms in total. The van der Waals surface area contributed by atoms with E-state index in [1.165, 1.54) is 17.0 Å². The Labute approximate surface area is 161 Å². The van der Waals surface area contributed by atoms with E-state index in [0.717, 1.165) is 16.6 Å². The molecule has 0 saturated carbocycles. The summed E-state index contributed by atoms with van der Waals surface area (Å²) in [6, 6.07) is 13.4. The summed E-state index contributed by atoms with van der Waals surface area (Å²) in [5, 5.41) is 3.61. The Hall–Kier alpha value is -3.19. The number of likely N-dealkylation sites (tertiary alicyclic amines) is 1. The summed E-state index contributed by atoms with van der Waals surface area (Å²) < 4.78 is 13.5. The van der Waals surface area contributed by atoms with Crippen molar-refractivity contribution in [2.45, 2.75) is 18.9 Å². The highest BCUT2D eigenvalue weighted by atomic mass is 19.1. The van der Waals surface area contributed by atoms with Crippen molar-refractivity contribution in [1.82, 2.24) is 9.88 Å². The lowest BCUT2D eigenvalue weighted by Gasteiger charge is -2.25. The number of hydrogen-bond donors (Lipinski definition) is 3. The van der Waals surface area contributed by atoms with Crippen molar-refractivity contribution in [3.63, 3.8) is 0 Å². The molecular weight excluding hydrogens is 359 g/mol. The average Bonchev–Trinajstić information content (AvgIpc) is 3.23. The molecule has 1 aliphatic rings. The maximum Gasteiger partial charge on any atom is 0.313 e. The number of anilines is 1. The van der Waals surface area contributed by atoms with Crippen LogP contribution in [0.15, 0.2) is 48.5 Å². The first kappa shape index (κ1) is 18.2. The van der Waals surface area contributed by atoms with Crippen molar-refractivity contribution < 1.29 is 14.0 Å². The SMILES string of the molecule is Cc1cc2cc(NC(=O)C(=O)N3CCC(N)(c4cccc(F)c4)C3)ccc2[nH]1. The van der Waals surface area contributed by atoms with Gasteiger partial charge in [-0.25, -0.2) is 4.39 Å². The molecule has 2 aromatic carbocycles. The third-order valence-electron chi connectivity index (χ3n) is 5.20. The first-order valence-corrected chi connectivity index (χ1v) is 9.09. The Morgan fingerprint density at radius 2 is 2.04 bits per heavy atom. The first-order chi connectivity index (χ1) is 13.3. The Kier molecular flexibility index (Phi) is 4.39. The Bertz CT molecular complexity index is 1080. The molecular formula is C21H21FN4O2. The summed E-state index contributed by atoms with van der Waals surface area (Å²) >= 11 is 0. The van der Waals surface area contributed by atoms with E-state index >= 15 is 0 Å². The predicted octanol–water partition coefficient (Wildman–Crippen LogP) is 2.64. The highest BCUT2D eigenvalue weighted by molar-refractivity contribution is 6.39. The molecule has 2 heterocycles. The van der Waals surface area contributed by atoms with Crippen LogP contribution in [0.25, 0.3) is 10.9 Å². The number of carbonyl (C=O) groups excluding carboxylic acids is 2. The van der Waals surface area contributed by atoms with E-state index in [2.05, 4.69) is 10.3 Å². The van der Waals surface area contributed by atoms with Gasteiger partial charge in [0.05, 0.1) is 5.54 Å². The van der Waals surface area contributed by atoms with E-state index in [9.17, 15) is 14.0 Å². The van der Waals surface area contributed by atoms with Crippen LogP contribution < -0.4 is 11.1 Å². The van der Waals surface area contributed by atoms with Crippen LogP contribution in [0.4, 0.5) is 10.1 Å². The lowest BCUT2D eigenvalue weighted by molar-refractivity contribution is -0.142. The number of hydrogen-bond acceptors (Lipinski definition) is 3. The molecule has 1 fully saturated rings. The normalized spacial score (nSPS) is 19.2. The molecule has 1 aromatic heterocycles. The zero-order chi connectivity index (χ0) is 19.9. The van der Waals surface area contributed by atoms with Crippen molar-refractivity contribution >= 4 is 28.4 Å². The average molecular weight is 380 g/mol. The Morgan fingerprint density at radius 3 is 2.82 bits per heavy atom. The monoisotopic (exact) mass is 380 g/mol. The zero-order valence-electron chi connectivity index (χ0n) is 15.5. The number of fused-ring (bicyclic) bond motifs is 1. The molecule has 0 spiro atoms. The predicted molar refractivity (Wildman–Crippen MR) is 105 cm³/mol. The maximum absolute atomic E-state index is 13.5. The fourth-order valence-corrected chi connectivity index (χ4v) is 3.72. The number of aryl methyl sites for hydroxylation is 1. The molecule has 144 valence electrons. The van der Waals surface area contributed by atoms with E-state index in [1.807, 2.05) is 25.1 Å². The Balaban J connectivity index is 1.45. The molecule has 7 heteroatoms. The van der Waals surface area contributed by atoms with Crippen molar-refractivity contribution in [3.8, 4) is 0 Å². The van der Waals surface area contributed by atoms with Crippen LogP contribution in [0.1, 0.15) is 17.7 Å². The van der Waals surface area contributed by atoms with Crippen LogP contribution in [0.3, 0.4) is 0 Å². The second-order valence-corrected chi connectivity index (χ2v) is 7.35. The van der Waals surface area contributed by atoms with Gasteiger partial charge in [0.15, 0.2) is 0 Å². The van der Waals surface area contributed by atoms with Crippen LogP contribution >= 0.6 is 0 Å². The maximum atomic E-state index is 13.5. The number of nitrogens with one attached hydrogen (secondary N) is 2. The van der Waals surface area contributed by atoms with Crippen LogP contribution in [0.2, 0.25) is 0 Å². The van der Waals surface area contributed by atoms with E-state index in [-0.39, 0.29) is 12.4 Å². The largest absolute Gasteiger partial charge is 0.359 e. The van der Waals surface area contributed by atoms with Crippen molar-refractivity contribution in [2.24, 2.45) is 5.73 Å². The molecule has 28 heavy (non-hydrogen) atoms. The lowest BCUT2D eigenvalue weighted by atomic mass is 9.90. The molecule has 0 aliphatic carbocycles. The molecule has 1 unspecified atom stereocenters. The van der Waals surface area contributed by atoms with Crippen LogP contribution in [0.5, 0.6) is 0 Å². The summed E-state index contributed by atoms with van der Waals surface area (Å²) in [6.07, 6.45) is 0.462. The minimum atomic E-state index is -0.862. The van der Waals surface area contributed by atoms with Gasteiger partial charge in [-0.1, -0.05) is 12.1 Å². The van der Waals surface area contributed by atoms with Gasteiger partial charge in [-0.2, -0.15) is 0 Å². The van der Waals surface area contributed by atoms with Gasteiger partial charge in [0.1, 0.15) is 5.82 Å². The quantitative estimate of drug-likeness (QED) is 0.597. The standard InChI is InChI=1S/C21H21FN4O2/c1-13-9-14-10-17(5-6-18(14)24-13)25-19(27)20(28)26-8-7-21(23,12-26)15-3-2-4-16(22)11-15/h2-6,9-11,24H,7-8,12,23H2,1H3,(H,25,27). The highest BCUT2D eigenvalue weighted by Gasteiger charge is 2.39. The minimum Gasteiger partial charge on any atom is -0.359 e. The number of halogens is 1. The van der Waals surface area contributed by atoms with Gasteiger partial charge in [-0.05, 0) is 55.3 Å². The highest BCUT2D eigenvalue weighted by Crippen LogP contribution is 2.30. The van der Waals surface area contributed by atoms with Gasteiger partial charge in [0, 0.05) is 35.4 Å². The van der Waals surface area contributed by atoms with Gasteiger partial charge in [-0.15, -0.1) is 0 Å². The number of carbonyl (C=O) groups is 2. The topological polar surface area (TPSA) is 91.2 Å². The smallest absolute Gasteiger partial charge is 0.313 e. The van der Waals surface area contributed by atoms with E-state index in [0.29, 0.717) is 24.2 Å². The lowest BCUT2D eigenvalue weighted by Crippen LogP contribution is -2.44. The number of aromatic amines is 1. The zero-order valence-corrected chi connectivity index (χ0v) is 15.5. The summed E-state index contributed by atoms with van der Waals surface area (Å²) in [4.78, 5) is 29.6. The summed E-state index contributed by atoms with van der Waals surface area (Å²) in [5.41, 5.74) is 8.69. The third-order valence-corrected chi connectivity index (χ3v) is 5.20. The first-order valence-electron chi connectivity index (χ1n) is 9.09. The third kappa shape index (κ3) is 3.36. The molecule has 1 atom stereocenters. The molecule has 4 rings (SSSR count). The summed E-state index contributed by atoms with van der Waals surface area (Å²) in [6.45, 7) is 2.46. The molecule has 3 aromatic rings. The number of aromatic nitrogens is 1. The van der Waals surface area contributed by atoms with Crippen molar-refractivity contribution in [3.05, 3.63) is 65.6 Å².